The number of aliphatic imine (C=N–C) groups is 1. The van der Waals surface area contributed by atoms with Crippen LogP contribution in [0.25, 0.3) is 0 Å². The number of carbonyl (C=O) groups excluding carboxylic acids is 1. The highest BCUT2D eigenvalue weighted by atomic mass is 32.2. The first-order valence-electron chi connectivity index (χ1n) is 6.08. The Kier molecular flexibility index (Phi) is 5.82. The number of esters is 1. The number of ether oxygens (including phenoxy) is 1. The van der Waals surface area contributed by atoms with E-state index >= 15 is 0 Å². The van der Waals surface area contributed by atoms with E-state index in [1.54, 1.807) is 11.8 Å². The lowest BCUT2D eigenvalue weighted by molar-refractivity contribution is -0.143. The molecule has 0 bridgehead atoms. The molecule has 0 saturated carbocycles. The molecule has 0 aliphatic carbocycles. The van der Waals surface area contributed by atoms with E-state index in [1.165, 1.54) is 7.11 Å². The van der Waals surface area contributed by atoms with Gasteiger partial charge in [-0.05, 0) is 25.7 Å². The van der Waals surface area contributed by atoms with Gasteiger partial charge in [0.25, 0.3) is 0 Å². The zero-order valence-corrected chi connectivity index (χ0v) is 11.8. The summed E-state index contributed by atoms with van der Waals surface area (Å²) in [6.07, 6.45) is 1.86. The molecule has 0 aromatic rings. The predicted octanol–water partition coefficient (Wildman–Crippen LogP) is 2.05. The van der Waals surface area contributed by atoms with Gasteiger partial charge in [0.2, 0.25) is 0 Å². The predicted molar refractivity (Wildman–Crippen MR) is 72.4 cm³/mol. The smallest absolute Gasteiger partial charge is 0.328 e. The Bertz CT molecular complexity index is 292. The summed E-state index contributed by atoms with van der Waals surface area (Å²) in [7, 11) is 1.43. The molecule has 5 heteroatoms. The molecule has 17 heavy (non-hydrogen) atoms. The van der Waals surface area contributed by atoms with Crippen LogP contribution in [0.3, 0.4) is 0 Å². The van der Waals surface area contributed by atoms with E-state index in [-0.39, 0.29) is 12.0 Å². The molecule has 98 valence electrons. The summed E-state index contributed by atoms with van der Waals surface area (Å²) in [4.78, 5) is 16.2. The minimum absolute atomic E-state index is 0.208. The van der Waals surface area contributed by atoms with E-state index in [0.29, 0.717) is 12.0 Å². The van der Waals surface area contributed by atoms with E-state index in [2.05, 4.69) is 31.1 Å². The molecule has 0 spiro atoms. The topological polar surface area (TPSA) is 50.7 Å². The first kappa shape index (κ1) is 14.4. The Morgan fingerprint density at radius 1 is 1.65 bits per heavy atom. The fourth-order valence-electron chi connectivity index (χ4n) is 1.68. The van der Waals surface area contributed by atoms with Crippen molar-refractivity contribution in [2.75, 3.05) is 12.9 Å². The number of amidine groups is 1. The molecule has 1 rings (SSSR count). The fourth-order valence-corrected chi connectivity index (χ4v) is 2.82. The number of carbonyl (C=O) groups is 1. The van der Waals surface area contributed by atoms with E-state index in [4.69, 9.17) is 4.74 Å². The van der Waals surface area contributed by atoms with Crippen LogP contribution in [0.2, 0.25) is 0 Å². The van der Waals surface area contributed by atoms with Crippen molar-refractivity contribution in [3.63, 3.8) is 0 Å². The Labute approximate surface area is 108 Å². The van der Waals surface area contributed by atoms with Gasteiger partial charge in [0.05, 0.1) is 13.2 Å². The van der Waals surface area contributed by atoms with Gasteiger partial charge in [-0.2, -0.15) is 0 Å². The zero-order chi connectivity index (χ0) is 12.8. The molecule has 0 aromatic carbocycles. The molecule has 1 heterocycles. The van der Waals surface area contributed by atoms with Crippen molar-refractivity contribution in [2.24, 2.45) is 10.9 Å². The van der Waals surface area contributed by atoms with Crippen LogP contribution in [0, 0.1) is 5.92 Å². The van der Waals surface area contributed by atoms with Gasteiger partial charge in [0.15, 0.2) is 5.17 Å². The molecule has 0 aromatic heterocycles. The summed E-state index contributed by atoms with van der Waals surface area (Å²) in [5.41, 5.74) is 0. The fraction of sp³-hybridized carbons (Fsp3) is 0.833. The van der Waals surface area contributed by atoms with Crippen molar-refractivity contribution in [3.05, 3.63) is 0 Å². The monoisotopic (exact) mass is 258 g/mol. The van der Waals surface area contributed by atoms with Crippen LogP contribution in [-0.4, -0.2) is 36.1 Å². The third-order valence-corrected chi connectivity index (χ3v) is 3.54. The molecule has 0 amide bonds. The molecule has 0 radical (unpaired) electrons. The second-order valence-corrected chi connectivity index (χ2v) is 5.85. The lowest BCUT2D eigenvalue weighted by Crippen LogP contribution is -2.42. The number of hydrogen-bond donors (Lipinski definition) is 1. The van der Waals surface area contributed by atoms with Crippen molar-refractivity contribution in [1.82, 2.24) is 5.32 Å². The average molecular weight is 258 g/mol. The highest BCUT2D eigenvalue weighted by molar-refractivity contribution is 8.13. The van der Waals surface area contributed by atoms with Crippen LogP contribution >= 0.6 is 11.8 Å². The van der Waals surface area contributed by atoms with E-state index in [1.807, 2.05) is 0 Å². The lowest BCUT2D eigenvalue weighted by atomic mass is 10.0. The molecule has 1 N–H and O–H groups in total. The molecule has 2 atom stereocenters. The number of rotatable bonds is 4. The van der Waals surface area contributed by atoms with Gasteiger partial charge >= 0.3 is 5.97 Å². The minimum atomic E-state index is -0.281. The average Bonchev–Trinajstić information content (AvgIpc) is 2.26. The highest BCUT2D eigenvalue weighted by Gasteiger charge is 2.23. The maximum Gasteiger partial charge on any atom is 0.328 e. The standard InChI is InChI=1S/C12H22N2O2S/c1-8(2)7-10(11(15)16-4)14-12-13-9(3)5-6-17-12/h8-10H,5-7H2,1-4H3,(H,13,14). The van der Waals surface area contributed by atoms with Crippen LogP contribution < -0.4 is 5.32 Å². The second-order valence-electron chi connectivity index (χ2n) is 4.77. The minimum Gasteiger partial charge on any atom is -0.467 e. The Morgan fingerprint density at radius 3 is 2.88 bits per heavy atom. The van der Waals surface area contributed by atoms with Gasteiger partial charge in [-0.15, -0.1) is 0 Å². The Balaban J connectivity index is 2.62. The lowest BCUT2D eigenvalue weighted by Gasteiger charge is -2.23. The number of thioether (sulfide) groups is 1. The SMILES string of the molecule is COC(=O)C(CC(C)C)NC1=NC(C)CCS1. The highest BCUT2D eigenvalue weighted by Crippen LogP contribution is 2.17. The molecular formula is C12H22N2O2S. The second kappa shape index (κ2) is 6.89. The Hall–Kier alpha value is -0.710. The molecule has 1 aliphatic heterocycles. The number of hydrogen-bond acceptors (Lipinski definition) is 5. The van der Waals surface area contributed by atoms with Crippen LogP contribution in [0.5, 0.6) is 0 Å². The summed E-state index contributed by atoms with van der Waals surface area (Å²) in [6, 6.07) is 0.0626. The summed E-state index contributed by atoms with van der Waals surface area (Å²) < 4.78 is 4.82. The van der Waals surface area contributed by atoms with Crippen LogP contribution in [0.1, 0.15) is 33.6 Å². The number of nitrogens with one attached hydrogen (secondary N) is 1. The van der Waals surface area contributed by atoms with Crippen LogP contribution in [0.4, 0.5) is 0 Å². The molecule has 2 unspecified atom stereocenters. The molecule has 1 aliphatic rings. The van der Waals surface area contributed by atoms with E-state index in [9.17, 15) is 4.79 Å². The van der Waals surface area contributed by atoms with E-state index < -0.39 is 0 Å². The van der Waals surface area contributed by atoms with Gasteiger partial charge in [-0.1, -0.05) is 25.6 Å². The maximum absolute atomic E-state index is 11.7. The van der Waals surface area contributed by atoms with Crippen molar-refractivity contribution in [2.45, 2.75) is 45.7 Å². The van der Waals surface area contributed by atoms with Crippen molar-refractivity contribution in [1.29, 1.82) is 0 Å². The molecule has 0 saturated heterocycles. The third-order valence-electron chi connectivity index (χ3n) is 2.60. The van der Waals surface area contributed by atoms with Gasteiger partial charge in [0, 0.05) is 5.75 Å². The summed E-state index contributed by atoms with van der Waals surface area (Å²) in [6.45, 7) is 6.28. The zero-order valence-electron chi connectivity index (χ0n) is 11.0. The van der Waals surface area contributed by atoms with Gasteiger partial charge in [-0.25, -0.2) is 4.79 Å². The van der Waals surface area contributed by atoms with E-state index in [0.717, 1.165) is 23.8 Å². The first-order valence-corrected chi connectivity index (χ1v) is 7.06. The van der Waals surface area contributed by atoms with Gasteiger partial charge in [-0.3, -0.25) is 4.99 Å². The summed E-state index contributed by atoms with van der Waals surface area (Å²) in [5.74, 6) is 1.29. The van der Waals surface area contributed by atoms with Crippen LogP contribution in [-0.2, 0) is 9.53 Å². The molecular weight excluding hydrogens is 236 g/mol. The molecule has 4 nitrogen and oxygen atoms in total. The van der Waals surface area contributed by atoms with Gasteiger partial charge < -0.3 is 10.1 Å². The third kappa shape index (κ3) is 4.98. The normalized spacial score (nSPS) is 21.9. The quantitative estimate of drug-likeness (QED) is 0.784. The number of nitrogens with zero attached hydrogens (tertiary/aromatic N) is 1. The largest absolute Gasteiger partial charge is 0.467 e. The molecule has 0 fully saturated rings. The van der Waals surface area contributed by atoms with Crippen molar-refractivity contribution in [3.8, 4) is 0 Å². The van der Waals surface area contributed by atoms with Crippen molar-refractivity contribution < 1.29 is 9.53 Å². The number of methoxy groups -OCH3 is 1. The maximum atomic E-state index is 11.7. The van der Waals surface area contributed by atoms with Crippen LogP contribution in [0.15, 0.2) is 4.99 Å². The van der Waals surface area contributed by atoms with Crippen molar-refractivity contribution >= 4 is 22.9 Å². The first-order chi connectivity index (χ1) is 8.02. The summed E-state index contributed by atoms with van der Waals surface area (Å²) >= 11 is 1.68. The Morgan fingerprint density at radius 2 is 2.35 bits per heavy atom. The summed E-state index contributed by atoms with van der Waals surface area (Å²) in [5, 5.41) is 4.08. The van der Waals surface area contributed by atoms with Gasteiger partial charge in [0.1, 0.15) is 6.04 Å².